The molecule has 0 heterocycles. The molecule has 0 amide bonds. The summed E-state index contributed by atoms with van der Waals surface area (Å²) in [6, 6.07) is 3.14. The zero-order valence-electron chi connectivity index (χ0n) is 8.89. The SMILES string of the molecule is N#CC1(CNC2CCCCCC2)CC1. The summed E-state index contributed by atoms with van der Waals surface area (Å²) in [5, 5.41) is 12.5. The summed E-state index contributed by atoms with van der Waals surface area (Å²) < 4.78 is 0. The van der Waals surface area contributed by atoms with Crippen LogP contribution < -0.4 is 5.32 Å². The van der Waals surface area contributed by atoms with Gasteiger partial charge in [-0.25, -0.2) is 0 Å². The van der Waals surface area contributed by atoms with Gasteiger partial charge in [-0.15, -0.1) is 0 Å². The largest absolute Gasteiger partial charge is 0.312 e. The van der Waals surface area contributed by atoms with Gasteiger partial charge in [-0.1, -0.05) is 25.7 Å². The van der Waals surface area contributed by atoms with E-state index in [1.54, 1.807) is 0 Å². The van der Waals surface area contributed by atoms with Gasteiger partial charge in [0.25, 0.3) is 0 Å². The van der Waals surface area contributed by atoms with E-state index in [4.69, 9.17) is 5.26 Å². The van der Waals surface area contributed by atoms with Crippen molar-refractivity contribution in [3.05, 3.63) is 0 Å². The Kier molecular flexibility index (Phi) is 3.08. The molecule has 2 rings (SSSR count). The van der Waals surface area contributed by atoms with Crippen molar-refractivity contribution in [1.82, 2.24) is 5.32 Å². The molecule has 2 saturated carbocycles. The van der Waals surface area contributed by atoms with Crippen LogP contribution in [0.15, 0.2) is 0 Å². The zero-order valence-corrected chi connectivity index (χ0v) is 8.89. The molecular formula is C12H20N2. The highest BCUT2D eigenvalue weighted by Gasteiger charge is 2.42. The van der Waals surface area contributed by atoms with E-state index in [1.165, 1.54) is 38.5 Å². The molecule has 0 atom stereocenters. The Bertz CT molecular complexity index is 217. The van der Waals surface area contributed by atoms with Gasteiger partial charge in [0, 0.05) is 12.6 Å². The van der Waals surface area contributed by atoms with Crippen LogP contribution in [0, 0.1) is 16.7 Å². The first-order chi connectivity index (χ1) is 6.85. The van der Waals surface area contributed by atoms with Crippen molar-refractivity contribution >= 4 is 0 Å². The minimum absolute atomic E-state index is 0.0340. The summed E-state index contributed by atoms with van der Waals surface area (Å²) in [5.74, 6) is 0. The fourth-order valence-electron chi connectivity index (χ4n) is 2.30. The standard InChI is InChI=1S/C12H20N2/c13-9-12(7-8-12)10-14-11-5-3-1-2-4-6-11/h11,14H,1-8,10H2. The summed E-state index contributed by atoms with van der Waals surface area (Å²) in [5.41, 5.74) is 0.0340. The molecule has 0 unspecified atom stereocenters. The molecule has 0 radical (unpaired) electrons. The topological polar surface area (TPSA) is 35.8 Å². The molecule has 0 aromatic rings. The first-order valence-corrected chi connectivity index (χ1v) is 5.99. The second kappa shape index (κ2) is 4.31. The summed E-state index contributed by atoms with van der Waals surface area (Å²) in [7, 11) is 0. The molecule has 2 aliphatic carbocycles. The second-order valence-electron chi connectivity index (χ2n) is 4.96. The van der Waals surface area contributed by atoms with Crippen molar-refractivity contribution in [1.29, 1.82) is 5.26 Å². The molecule has 2 aliphatic rings. The van der Waals surface area contributed by atoms with E-state index in [-0.39, 0.29) is 5.41 Å². The molecule has 0 bridgehead atoms. The van der Waals surface area contributed by atoms with Crippen LogP contribution in [0.4, 0.5) is 0 Å². The van der Waals surface area contributed by atoms with Gasteiger partial charge in [0.15, 0.2) is 0 Å². The average Bonchev–Trinajstić information content (AvgIpc) is 3.01. The van der Waals surface area contributed by atoms with Gasteiger partial charge in [-0.2, -0.15) is 5.26 Å². The van der Waals surface area contributed by atoms with E-state index < -0.39 is 0 Å². The Morgan fingerprint density at radius 1 is 1.14 bits per heavy atom. The maximum Gasteiger partial charge on any atom is 0.0703 e. The Balaban J connectivity index is 1.71. The zero-order chi connectivity index (χ0) is 9.86. The quantitative estimate of drug-likeness (QED) is 0.698. The van der Waals surface area contributed by atoms with Crippen LogP contribution >= 0.6 is 0 Å². The lowest BCUT2D eigenvalue weighted by atomic mass is 10.1. The fraction of sp³-hybridized carbons (Fsp3) is 0.917. The van der Waals surface area contributed by atoms with Crippen LogP contribution in [0.1, 0.15) is 51.4 Å². The molecule has 0 aliphatic heterocycles. The van der Waals surface area contributed by atoms with Crippen molar-refractivity contribution in [2.75, 3.05) is 6.54 Å². The second-order valence-corrected chi connectivity index (χ2v) is 4.96. The minimum atomic E-state index is 0.0340. The van der Waals surface area contributed by atoms with Crippen LogP contribution in [-0.2, 0) is 0 Å². The van der Waals surface area contributed by atoms with E-state index in [0.717, 1.165) is 19.4 Å². The van der Waals surface area contributed by atoms with Crippen LogP contribution in [-0.4, -0.2) is 12.6 Å². The summed E-state index contributed by atoms with van der Waals surface area (Å²) in [6.45, 7) is 0.939. The van der Waals surface area contributed by atoms with E-state index in [1.807, 2.05) is 0 Å². The number of rotatable bonds is 3. The fourth-order valence-corrected chi connectivity index (χ4v) is 2.30. The molecule has 2 heteroatoms. The number of nitriles is 1. The summed E-state index contributed by atoms with van der Waals surface area (Å²) in [4.78, 5) is 0. The number of nitrogens with one attached hydrogen (secondary N) is 1. The third kappa shape index (κ3) is 2.48. The summed E-state index contributed by atoms with van der Waals surface area (Å²) in [6.07, 6.45) is 10.4. The van der Waals surface area contributed by atoms with Crippen molar-refractivity contribution in [3.63, 3.8) is 0 Å². The molecule has 0 spiro atoms. The predicted octanol–water partition coefficient (Wildman–Crippen LogP) is 2.60. The van der Waals surface area contributed by atoms with Gasteiger partial charge in [0.05, 0.1) is 11.5 Å². The van der Waals surface area contributed by atoms with Crippen molar-refractivity contribution in [2.24, 2.45) is 5.41 Å². The normalized spacial score (nSPS) is 26.5. The van der Waals surface area contributed by atoms with Gasteiger partial charge in [-0.3, -0.25) is 0 Å². The average molecular weight is 192 g/mol. The van der Waals surface area contributed by atoms with Crippen molar-refractivity contribution in [2.45, 2.75) is 57.4 Å². The molecule has 0 saturated heterocycles. The Hall–Kier alpha value is -0.550. The number of hydrogen-bond acceptors (Lipinski definition) is 2. The lowest BCUT2D eigenvalue weighted by molar-refractivity contribution is 0.426. The molecule has 0 aromatic carbocycles. The summed E-state index contributed by atoms with van der Waals surface area (Å²) >= 11 is 0. The van der Waals surface area contributed by atoms with Gasteiger partial charge < -0.3 is 5.32 Å². The van der Waals surface area contributed by atoms with E-state index >= 15 is 0 Å². The smallest absolute Gasteiger partial charge is 0.0703 e. The highest BCUT2D eigenvalue weighted by Crippen LogP contribution is 2.44. The van der Waals surface area contributed by atoms with Crippen LogP contribution in [0.25, 0.3) is 0 Å². The van der Waals surface area contributed by atoms with E-state index in [0.29, 0.717) is 6.04 Å². The van der Waals surface area contributed by atoms with Gasteiger partial charge in [0.2, 0.25) is 0 Å². The van der Waals surface area contributed by atoms with Crippen LogP contribution in [0.3, 0.4) is 0 Å². The Labute approximate surface area is 86.7 Å². The van der Waals surface area contributed by atoms with Crippen molar-refractivity contribution in [3.8, 4) is 6.07 Å². The molecule has 14 heavy (non-hydrogen) atoms. The monoisotopic (exact) mass is 192 g/mol. The molecule has 0 aromatic heterocycles. The Morgan fingerprint density at radius 2 is 1.79 bits per heavy atom. The molecule has 78 valence electrons. The van der Waals surface area contributed by atoms with Crippen LogP contribution in [0.2, 0.25) is 0 Å². The first-order valence-electron chi connectivity index (χ1n) is 5.99. The first kappa shape index (κ1) is 9.98. The molecule has 2 nitrogen and oxygen atoms in total. The lowest BCUT2D eigenvalue weighted by Gasteiger charge is -2.17. The van der Waals surface area contributed by atoms with Gasteiger partial charge in [0.1, 0.15) is 0 Å². The number of nitrogens with zero attached hydrogens (tertiary/aromatic N) is 1. The maximum atomic E-state index is 8.95. The molecule has 2 fully saturated rings. The van der Waals surface area contributed by atoms with Crippen LogP contribution in [0.5, 0.6) is 0 Å². The highest BCUT2D eigenvalue weighted by atomic mass is 14.9. The third-order valence-corrected chi connectivity index (χ3v) is 3.68. The Morgan fingerprint density at radius 3 is 2.29 bits per heavy atom. The molecule has 1 N–H and O–H groups in total. The lowest BCUT2D eigenvalue weighted by Crippen LogP contribution is -2.33. The maximum absolute atomic E-state index is 8.95. The van der Waals surface area contributed by atoms with E-state index in [2.05, 4.69) is 11.4 Å². The van der Waals surface area contributed by atoms with Gasteiger partial charge in [-0.05, 0) is 25.7 Å². The highest BCUT2D eigenvalue weighted by molar-refractivity contribution is 5.11. The predicted molar refractivity (Wildman–Crippen MR) is 56.8 cm³/mol. The third-order valence-electron chi connectivity index (χ3n) is 3.68. The van der Waals surface area contributed by atoms with E-state index in [9.17, 15) is 0 Å². The minimum Gasteiger partial charge on any atom is -0.312 e. The van der Waals surface area contributed by atoms with Gasteiger partial charge >= 0.3 is 0 Å². The van der Waals surface area contributed by atoms with Crippen molar-refractivity contribution < 1.29 is 0 Å². The molecular weight excluding hydrogens is 172 g/mol. The number of hydrogen-bond donors (Lipinski definition) is 1.